The van der Waals surface area contributed by atoms with Crippen molar-refractivity contribution in [1.82, 2.24) is 19.8 Å². The zero-order valence-corrected chi connectivity index (χ0v) is 15.2. The fourth-order valence-electron chi connectivity index (χ4n) is 4.75. The first-order valence-electron chi connectivity index (χ1n) is 9.22. The molecule has 0 unspecified atom stereocenters. The summed E-state index contributed by atoms with van der Waals surface area (Å²) in [5, 5.41) is 0. The molecule has 3 saturated heterocycles. The third-order valence-corrected chi connectivity index (χ3v) is 5.97. The molecule has 0 radical (unpaired) electrons. The smallest absolute Gasteiger partial charge is 0.345 e. The van der Waals surface area contributed by atoms with Crippen molar-refractivity contribution in [3.8, 4) is 0 Å². The molecule has 8 heteroatoms. The number of hydrogen-bond donors (Lipinski definition) is 1. The highest BCUT2D eigenvalue weighted by Crippen LogP contribution is 2.45. The van der Waals surface area contributed by atoms with Crippen molar-refractivity contribution in [2.75, 3.05) is 19.7 Å². The van der Waals surface area contributed by atoms with Gasteiger partial charge in [-0.3, -0.25) is 9.59 Å². The summed E-state index contributed by atoms with van der Waals surface area (Å²) in [6.07, 6.45) is 2.74. The maximum absolute atomic E-state index is 12.9. The Kier molecular flexibility index (Phi) is 4.10. The van der Waals surface area contributed by atoms with Crippen LogP contribution in [0, 0.1) is 13.8 Å². The average Bonchev–Trinajstić information content (AvgIpc) is 3.06. The first kappa shape index (κ1) is 17.2. The largest absolute Gasteiger partial charge is 0.353 e. The van der Waals surface area contributed by atoms with Gasteiger partial charge in [-0.05, 0) is 32.3 Å². The van der Waals surface area contributed by atoms with Crippen LogP contribution >= 0.6 is 0 Å². The molecule has 3 aliphatic rings. The van der Waals surface area contributed by atoms with Crippen molar-refractivity contribution in [3.05, 3.63) is 27.4 Å². The summed E-state index contributed by atoms with van der Waals surface area (Å²) >= 11 is 0. The summed E-state index contributed by atoms with van der Waals surface area (Å²) in [6, 6.07) is -0.182. The number of aryl methyl sites for hydroxylation is 2. The van der Waals surface area contributed by atoms with E-state index in [2.05, 4.69) is 9.97 Å². The number of nitrogens with zero attached hydrogens (tertiary/aromatic N) is 3. The first-order chi connectivity index (χ1) is 12.4. The van der Waals surface area contributed by atoms with Crippen LogP contribution in [0.3, 0.4) is 0 Å². The highest BCUT2D eigenvalue weighted by atomic mass is 16.5. The molecular weight excluding hydrogens is 336 g/mol. The highest BCUT2D eigenvalue weighted by molar-refractivity contribution is 5.84. The van der Waals surface area contributed by atoms with Gasteiger partial charge in [-0.2, -0.15) is 4.98 Å². The molecule has 1 aromatic heterocycles. The van der Waals surface area contributed by atoms with Gasteiger partial charge in [0.1, 0.15) is 0 Å². The number of ether oxygens (including phenoxy) is 1. The number of rotatable bonds is 3. The van der Waals surface area contributed by atoms with Crippen LogP contribution in [0.4, 0.5) is 0 Å². The lowest BCUT2D eigenvalue weighted by Gasteiger charge is -2.42. The number of H-pyrrole nitrogens is 1. The Hall–Kier alpha value is -2.22. The van der Waals surface area contributed by atoms with Gasteiger partial charge in [-0.25, -0.2) is 4.79 Å². The molecule has 1 N–H and O–H groups in total. The fourth-order valence-corrected chi connectivity index (χ4v) is 4.75. The van der Waals surface area contributed by atoms with E-state index in [1.54, 1.807) is 6.92 Å². The Morgan fingerprint density at radius 2 is 2.15 bits per heavy atom. The van der Waals surface area contributed by atoms with E-state index in [4.69, 9.17) is 4.74 Å². The third kappa shape index (κ3) is 2.55. The molecule has 4 rings (SSSR count). The summed E-state index contributed by atoms with van der Waals surface area (Å²) < 4.78 is 6.04. The minimum Gasteiger partial charge on any atom is -0.353 e. The minimum atomic E-state index is -0.601. The Balaban J connectivity index is 1.48. The molecule has 140 valence electrons. The third-order valence-electron chi connectivity index (χ3n) is 5.97. The summed E-state index contributed by atoms with van der Waals surface area (Å²) in [6.45, 7) is 5.60. The SMILES string of the molecule is Cc1nc(=O)[nH]c(C)c1CCC(=O)N1CC[C@@]23OCCCN2C(=O)C[C@@H]13. The zero-order valence-electron chi connectivity index (χ0n) is 15.2. The summed E-state index contributed by atoms with van der Waals surface area (Å²) in [5.74, 6) is 0.115. The molecule has 0 saturated carbocycles. The van der Waals surface area contributed by atoms with Gasteiger partial charge in [-0.1, -0.05) is 0 Å². The molecule has 8 nitrogen and oxygen atoms in total. The molecule has 0 aromatic carbocycles. The molecule has 3 fully saturated rings. The Morgan fingerprint density at radius 3 is 2.92 bits per heavy atom. The van der Waals surface area contributed by atoms with Crippen molar-refractivity contribution >= 4 is 11.8 Å². The quantitative estimate of drug-likeness (QED) is 0.835. The molecule has 0 bridgehead atoms. The number of carbonyl (C=O) groups is 2. The second-order valence-electron chi connectivity index (χ2n) is 7.38. The van der Waals surface area contributed by atoms with E-state index in [1.807, 2.05) is 16.7 Å². The van der Waals surface area contributed by atoms with E-state index in [-0.39, 0.29) is 23.5 Å². The normalized spacial score (nSPS) is 27.6. The number of likely N-dealkylation sites (tertiary alicyclic amines) is 1. The number of aromatic nitrogens is 2. The second-order valence-corrected chi connectivity index (χ2v) is 7.38. The lowest BCUT2D eigenvalue weighted by molar-refractivity contribution is -0.181. The number of hydrogen-bond acceptors (Lipinski definition) is 5. The van der Waals surface area contributed by atoms with Gasteiger partial charge in [0, 0.05) is 37.3 Å². The van der Waals surface area contributed by atoms with E-state index in [0.717, 1.165) is 24.2 Å². The first-order valence-corrected chi connectivity index (χ1v) is 9.22. The average molecular weight is 360 g/mol. The lowest BCUT2D eigenvalue weighted by atomic mass is 10.0. The number of carbonyl (C=O) groups excluding carboxylic acids is 2. The van der Waals surface area contributed by atoms with Crippen LogP contribution in [0.25, 0.3) is 0 Å². The summed E-state index contributed by atoms with van der Waals surface area (Å²) in [4.78, 5) is 46.9. The standard InChI is InChI=1S/C18H24N4O4/c1-11-13(12(2)20-17(25)19-11)4-5-15(23)21-8-6-18-14(21)10-16(24)22(18)7-3-9-26-18/h14H,3-10H2,1-2H3,(H,19,20,25)/t14-,18+/m1/s1. The fraction of sp³-hybridized carbons (Fsp3) is 0.667. The van der Waals surface area contributed by atoms with E-state index in [0.29, 0.717) is 44.5 Å². The van der Waals surface area contributed by atoms with Crippen LogP contribution in [0.5, 0.6) is 0 Å². The molecule has 1 aromatic rings. The number of amides is 2. The molecule has 4 heterocycles. The predicted octanol–water partition coefficient (Wildman–Crippen LogP) is 0.269. The highest BCUT2D eigenvalue weighted by Gasteiger charge is 2.61. The van der Waals surface area contributed by atoms with Gasteiger partial charge >= 0.3 is 5.69 Å². The van der Waals surface area contributed by atoms with Gasteiger partial charge in [0.2, 0.25) is 11.8 Å². The molecule has 3 aliphatic heterocycles. The van der Waals surface area contributed by atoms with Crippen molar-refractivity contribution in [2.45, 2.75) is 57.7 Å². The zero-order chi connectivity index (χ0) is 18.5. The van der Waals surface area contributed by atoms with E-state index < -0.39 is 5.72 Å². The predicted molar refractivity (Wildman–Crippen MR) is 92.4 cm³/mol. The van der Waals surface area contributed by atoms with Gasteiger partial charge in [-0.15, -0.1) is 0 Å². The van der Waals surface area contributed by atoms with Crippen molar-refractivity contribution in [1.29, 1.82) is 0 Å². The van der Waals surface area contributed by atoms with E-state index >= 15 is 0 Å². The van der Waals surface area contributed by atoms with Crippen molar-refractivity contribution < 1.29 is 14.3 Å². The van der Waals surface area contributed by atoms with Gasteiger partial charge in [0.15, 0.2) is 5.72 Å². The van der Waals surface area contributed by atoms with Crippen LogP contribution in [0.1, 0.15) is 42.6 Å². The lowest BCUT2D eigenvalue weighted by Crippen LogP contribution is -2.56. The van der Waals surface area contributed by atoms with Gasteiger partial charge in [0.05, 0.1) is 19.1 Å². The molecule has 2 amide bonds. The maximum Gasteiger partial charge on any atom is 0.345 e. The minimum absolute atomic E-state index is 0.0284. The van der Waals surface area contributed by atoms with E-state index in [9.17, 15) is 14.4 Å². The monoisotopic (exact) mass is 360 g/mol. The van der Waals surface area contributed by atoms with Crippen LogP contribution in [-0.4, -0.2) is 63.0 Å². The van der Waals surface area contributed by atoms with Crippen LogP contribution < -0.4 is 5.69 Å². The topological polar surface area (TPSA) is 95.6 Å². The number of nitrogens with one attached hydrogen (secondary N) is 1. The summed E-state index contributed by atoms with van der Waals surface area (Å²) in [7, 11) is 0. The van der Waals surface area contributed by atoms with Crippen LogP contribution in [-0.2, 0) is 20.7 Å². The molecule has 1 spiro atoms. The van der Waals surface area contributed by atoms with Crippen molar-refractivity contribution in [3.63, 3.8) is 0 Å². The van der Waals surface area contributed by atoms with Gasteiger partial charge < -0.3 is 19.5 Å². The summed E-state index contributed by atoms with van der Waals surface area (Å²) in [5.41, 5.74) is 1.36. The van der Waals surface area contributed by atoms with Gasteiger partial charge in [0.25, 0.3) is 0 Å². The second kappa shape index (κ2) is 6.19. The maximum atomic E-state index is 12.9. The molecule has 0 aliphatic carbocycles. The molecule has 26 heavy (non-hydrogen) atoms. The Labute approximate surface area is 151 Å². The molecular formula is C18H24N4O4. The van der Waals surface area contributed by atoms with Crippen LogP contribution in [0.2, 0.25) is 0 Å². The Bertz CT molecular complexity index is 794. The number of aromatic amines is 1. The van der Waals surface area contributed by atoms with E-state index in [1.165, 1.54) is 0 Å². The molecule has 2 atom stereocenters. The van der Waals surface area contributed by atoms with Crippen LogP contribution in [0.15, 0.2) is 4.79 Å². The van der Waals surface area contributed by atoms with Crippen molar-refractivity contribution in [2.24, 2.45) is 0 Å². The Morgan fingerprint density at radius 1 is 1.35 bits per heavy atom.